The zero-order valence-corrected chi connectivity index (χ0v) is 15.0. The van der Waals surface area contributed by atoms with Crippen molar-refractivity contribution in [3.8, 4) is 0 Å². The summed E-state index contributed by atoms with van der Waals surface area (Å²) >= 11 is 1.72. The maximum atomic E-state index is 12.1. The predicted octanol–water partition coefficient (Wildman–Crippen LogP) is 2.59. The molecule has 0 bridgehead atoms. The van der Waals surface area contributed by atoms with E-state index in [1.165, 1.54) is 6.07 Å². The first-order valence-corrected chi connectivity index (χ1v) is 9.77. The van der Waals surface area contributed by atoms with Crippen LogP contribution in [0.2, 0.25) is 0 Å². The van der Waals surface area contributed by atoms with Crippen LogP contribution in [0.1, 0.15) is 39.9 Å². The van der Waals surface area contributed by atoms with E-state index >= 15 is 0 Å². The standard InChI is InChI=1S/C14H26N2O3S2/c1-11(20-5)8-9-16-21(17,18)13-7-6-12(19-13)10-15-14(2,3)4/h6-7,11,15-16H,8-10H2,1-5H3. The molecule has 122 valence electrons. The minimum atomic E-state index is -3.55. The van der Waals surface area contributed by atoms with Crippen molar-refractivity contribution in [2.24, 2.45) is 0 Å². The molecule has 0 fully saturated rings. The molecule has 1 aromatic rings. The average molecular weight is 335 g/mol. The fourth-order valence-electron chi connectivity index (χ4n) is 1.54. The van der Waals surface area contributed by atoms with Gasteiger partial charge in [-0.3, -0.25) is 0 Å². The number of rotatable bonds is 8. The molecule has 0 saturated carbocycles. The molecule has 1 atom stereocenters. The highest BCUT2D eigenvalue weighted by Crippen LogP contribution is 2.15. The lowest BCUT2D eigenvalue weighted by Gasteiger charge is -2.19. The Morgan fingerprint density at radius 2 is 2.00 bits per heavy atom. The molecule has 0 aliphatic rings. The highest BCUT2D eigenvalue weighted by atomic mass is 32.2. The molecular weight excluding hydrogens is 308 g/mol. The second-order valence-electron chi connectivity index (χ2n) is 6.06. The number of sulfonamides is 1. The van der Waals surface area contributed by atoms with Crippen molar-refractivity contribution in [3.05, 3.63) is 17.9 Å². The summed E-state index contributed by atoms with van der Waals surface area (Å²) in [6.07, 6.45) is 2.81. The first-order valence-electron chi connectivity index (χ1n) is 7.00. The van der Waals surface area contributed by atoms with Gasteiger partial charge in [0.15, 0.2) is 0 Å². The summed E-state index contributed by atoms with van der Waals surface area (Å²) < 4.78 is 32.1. The largest absolute Gasteiger partial charge is 0.447 e. The summed E-state index contributed by atoms with van der Waals surface area (Å²) in [5.41, 5.74) is -0.0436. The molecule has 0 spiro atoms. The van der Waals surface area contributed by atoms with Crippen LogP contribution >= 0.6 is 11.8 Å². The molecule has 1 heterocycles. The van der Waals surface area contributed by atoms with Gasteiger partial charge in [-0.15, -0.1) is 0 Å². The average Bonchev–Trinajstić information content (AvgIpc) is 2.84. The molecule has 1 aromatic heterocycles. The Kier molecular flexibility index (Phi) is 6.77. The van der Waals surface area contributed by atoms with Gasteiger partial charge in [0, 0.05) is 17.3 Å². The van der Waals surface area contributed by atoms with Gasteiger partial charge in [0.05, 0.1) is 6.54 Å². The maximum absolute atomic E-state index is 12.1. The summed E-state index contributed by atoms with van der Waals surface area (Å²) in [5, 5.41) is 3.66. The van der Waals surface area contributed by atoms with Crippen LogP contribution in [0.5, 0.6) is 0 Å². The molecule has 0 saturated heterocycles. The van der Waals surface area contributed by atoms with Crippen LogP contribution < -0.4 is 10.0 Å². The zero-order valence-electron chi connectivity index (χ0n) is 13.4. The maximum Gasteiger partial charge on any atom is 0.273 e. The van der Waals surface area contributed by atoms with Gasteiger partial charge in [-0.2, -0.15) is 11.8 Å². The summed E-state index contributed by atoms with van der Waals surface area (Å²) in [4.78, 5) is 0. The second kappa shape index (κ2) is 7.67. The molecule has 7 heteroatoms. The number of hydrogen-bond donors (Lipinski definition) is 2. The third-order valence-electron chi connectivity index (χ3n) is 2.94. The van der Waals surface area contributed by atoms with E-state index in [4.69, 9.17) is 4.42 Å². The summed E-state index contributed by atoms with van der Waals surface area (Å²) in [6, 6.07) is 3.19. The van der Waals surface area contributed by atoms with Gasteiger partial charge in [0.1, 0.15) is 5.76 Å². The lowest BCUT2D eigenvalue weighted by atomic mass is 10.1. The third kappa shape index (κ3) is 6.86. The highest BCUT2D eigenvalue weighted by molar-refractivity contribution is 7.99. The molecule has 0 radical (unpaired) electrons. The molecule has 1 unspecified atom stereocenters. The van der Waals surface area contributed by atoms with E-state index in [1.54, 1.807) is 17.8 Å². The normalized spacial score (nSPS) is 14.3. The van der Waals surface area contributed by atoms with Crippen molar-refractivity contribution < 1.29 is 12.8 Å². The van der Waals surface area contributed by atoms with Gasteiger partial charge in [0.25, 0.3) is 10.0 Å². The monoisotopic (exact) mass is 334 g/mol. The number of nitrogens with one attached hydrogen (secondary N) is 2. The van der Waals surface area contributed by atoms with Crippen LogP contribution in [0.15, 0.2) is 21.6 Å². The van der Waals surface area contributed by atoms with Crippen LogP contribution in [0.4, 0.5) is 0 Å². The van der Waals surface area contributed by atoms with Gasteiger partial charge >= 0.3 is 0 Å². The lowest BCUT2D eigenvalue weighted by molar-refractivity contribution is 0.359. The fraction of sp³-hybridized carbons (Fsp3) is 0.714. The Labute approximate surface area is 132 Å². The predicted molar refractivity (Wildman–Crippen MR) is 88.1 cm³/mol. The van der Waals surface area contributed by atoms with Gasteiger partial charge in [-0.25, -0.2) is 13.1 Å². The Bertz CT molecular complexity index is 533. The molecule has 21 heavy (non-hydrogen) atoms. The van der Waals surface area contributed by atoms with E-state index in [-0.39, 0.29) is 10.6 Å². The first-order chi connectivity index (χ1) is 9.64. The van der Waals surface area contributed by atoms with Crippen LogP contribution in [-0.2, 0) is 16.6 Å². The van der Waals surface area contributed by atoms with E-state index in [0.29, 0.717) is 24.1 Å². The Morgan fingerprint density at radius 3 is 2.57 bits per heavy atom. The van der Waals surface area contributed by atoms with E-state index in [1.807, 2.05) is 27.0 Å². The van der Waals surface area contributed by atoms with E-state index < -0.39 is 10.0 Å². The lowest BCUT2D eigenvalue weighted by Crippen LogP contribution is -2.34. The molecule has 0 aliphatic heterocycles. The summed E-state index contributed by atoms with van der Waals surface area (Å²) in [6.45, 7) is 9.12. The van der Waals surface area contributed by atoms with Crippen molar-refractivity contribution >= 4 is 21.8 Å². The van der Waals surface area contributed by atoms with Gasteiger partial charge in [-0.1, -0.05) is 6.92 Å². The molecule has 0 amide bonds. The van der Waals surface area contributed by atoms with Crippen LogP contribution in [0.3, 0.4) is 0 Å². The third-order valence-corrected chi connectivity index (χ3v) is 5.31. The molecule has 1 rings (SSSR count). The number of thioether (sulfide) groups is 1. The quantitative estimate of drug-likeness (QED) is 0.764. The highest BCUT2D eigenvalue weighted by Gasteiger charge is 2.19. The SMILES string of the molecule is CSC(C)CCNS(=O)(=O)c1ccc(CNC(C)(C)C)o1. The summed E-state index contributed by atoms with van der Waals surface area (Å²) in [5.74, 6) is 0.614. The molecule has 0 aliphatic carbocycles. The van der Waals surface area contributed by atoms with Gasteiger partial charge < -0.3 is 9.73 Å². The van der Waals surface area contributed by atoms with Crippen LogP contribution in [-0.4, -0.2) is 32.0 Å². The summed E-state index contributed by atoms with van der Waals surface area (Å²) in [7, 11) is -3.55. The Balaban J connectivity index is 2.58. The number of hydrogen-bond acceptors (Lipinski definition) is 5. The topological polar surface area (TPSA) is 71.3 Å². The fourth-order valence-corrected chi connectivity index (χ4v) is 2.88. The zero-order chi connectivity index (χ0) is 16.1. The minimum absolute atomic E-state index is 0.0231. The van der Waals surface area contributed by atoms with E-state index in [2.05, 4.69) is 17.0 Å². The minimum Gasteiger partial charge on any atom is -0.447 e. The van der Waals surface area contributed by atoms with Crippen LogP contribution in [0.25, 0.3) is 0 Å². The molecule has 2 N–H and O–H groups in total. The van der Waals surface area contributed by atoms with Crippen molar-refractivity contribution in [3.63, 3.8) is 0 Å². The molecular formula is C14H26N2O3S2. The van der Waals surface area contributed by atoms with Gasteiger partial charge in [-0.05, 0) is 45.6 Å². The molecule has 5 nitrogen and oxygen atoms in total. The molecule has 0 aromatic carbocycles. The van der Waals surface area contributed by atoms with Crippen molar-refractivity contribution in [2.45, 2.75) is 56.5 Å². The Hall–Kier alpha value is -0.500. The second-order valence-corrected chi connectivity index (χ2v) is 9.03. The smallest absolute Gasteiger partial charge is 0.273 e. The van der Waals surface area contributed by atoms with Gasteiger partial charge in [0.2, 0.25) is 5.09 Å². The first kappa shape index (κ1) is 18.5. The van der Waals surface area contributed by atoms with E-state index in [0.717, 1.165) is 6.42 Å². The van der Waals surface area contributed by atoms with Crippen LogP contribution in [0, 0.1) is 0 Å². The number of furan rings is 1. The van der Waals surface area contributed by atoms with Crippen molar-refractivity contribution in [1.29, 1.82) is 0 Å². The Morgan fingerprint density at radius 1 is 1.33 bits per heavy atom. The van der Waals surface area contributed by atoms with Crippen molar-refractivity contribution in [2.75, 3.05) is 12.8 Å². The van der Waals surface area contributed by atoms with Crippen molar-refractivity contribution in [1.82, 2.24) is 10.0 Å². The van der Waals surface area contributed by atoms with E-state index in [9.17, 15) is 8.42 Å².